The molecule has 1 saturated heterocycles. The first-order valence-corrected chi connectivity index (χ1v) is 6.80. The molecular formula is C14H17N3O4. The number of imidazole rings is 1. The molecule has 112 valence electrons. The Morgan fingerprint density at radius 3 is 2.67 bits per heavy atom. The van der Waals surface area contributed by atoms with Gasteiger partial charge in [0.15, 0.2) is 0 Å². The van der Waals surface area contributed by atoms with E-state index >= 15 is 0 Å². The number of carbonyl (C=O) groups excluding carboxylic acids is 1. The van der Waals surface area contributed by atoms with Crippen molar-refractivity contribution in [1.82, 2.24) is 14.5 Å². The Morgan fingerprint density at radius 2 is 2.19 bits per heavy atom. The summed E-state index contributed by atoms with van der Waals surface area (Å²) in [6.07, 6.45) is 1.40. The SMILES string of the molecule is Cc1nc(C2=C(C(=O)O)N3C(=O)[C@H]([C@@H](C)O)[C@H]3C2)cn1C. The van der Waals surface area contributed by atoms with E-state index in [0.29, 0.717) is 17.7 Å². The lowest BCUT2D eigenvalue weighted by Gasteiger charge is -2.44. The number of aliphatic carboxylic acids is 1. The summed E-state index contributed by atoms with van der Waals surface area (Å²) in [4.78, 5) is 29.3. The first kappa shape index (κ1) is 13.8. The van der Waals surface area contributed by atoms with Crippen molar-refractivity contribution in [3.8, 4) is 0 Å². The van der Waals surface area contributed by atoms with E-state index in [0.717, 1.165) is 5.82 Å². The van der Waals surface area contributed by atoms with Crippen LogP contribution >= 0.6 is 0 Å². The molecule has 0 bridgehead atoms. The van der Waals surface area contributed by atoms with Crippen molar-refractivity contribution in [2.24, 2.45) is 13.0 Å². The highest BCUT2D eigenvalue weighted by Gasteiger charge is 2.57. The average molecular weight is 291 g/mol. The Balaban J connectivity index is 2.04. The number of β-lactam (4-membered cyclic amide) rings is 1. The molecule has 0 aliphatic carbocycles. The van der Waals surface area contributed by atoms with E-state index in [2.05, 4.69) is 4.98 Å². The summed E-state index contributed by atoms with van der Waals surface area (Å²) < 4.78 is 1.81. The van der Waals surface area contributed by atoms with Gasteiger partial charge >= 0.3 is 5.97 Å². The second-order valence-electron chi connectivity index (χ2n) is 5.66. The number of rotatable bonds is 3. The van der Waals surface area contributed by atoms with Gasteiger partial charge < -0.3 is 19.7 Å². The highest BCUT2D eigenvalue weighted by molar-refractivity contribution is 6.05. The first-order chi connectivity index (χ1) is 9.82. The molecule has 0 aromatic carbocycles. The third kappa shape index (κ3) is 1.80. The predicted octanol–water partition coefficient (Wildman–Crippen LogP) is 0.136. The number of aryl methyl sites for hydroxylation is 2. The third-order valence-electron chi connectivity index (χ3n) is 4.35. The topological polar surface area (TPSA) is 95.7 Å². The van der Waals surface area contributed by atoms with Crippen LogP contribution in [0.1, 0.15) is 24.9 Å². The van der Waals surface area contributed by atoms with E-state index in [-0.39, 0.29) is 17.6 Å². The molecule has 0 unspecified atom stereocenters. The zero-order valence-electron chi connectivity index (χ0n) is 12.1. The molecule has 3 heterocycles. The third-order valence-corrected chi connectivity index (χ3v) is 4.35. The lowest BCUT2D eigenvalue weighted by Crippen LogP contribution is -2.61. The number of aromatic nitrogens is 2. The van der Waals surface area contributed by atoms with Gasteiger partial charge in [-0.15, -0.1) is 0 Å². The minimum Gasteiger partial charge on any atom is -0.477 e. The van der Waals surface area contributed by atoms with Gasteiger partial charge in [0.2, 0.25) is 5.91 Å². The summed E-state index contributed by atoms with van der Waals surface area (Å²) in [6.45, 7) is 3.39. The second kappa shape index (κ2) is 4.42. The van der Waals surface area contributed by atoms with E-state index in [1.807, 2.05) is 18.5 Å². The summed E-state index contributed by atoms with van der Waals surface area (Å²) in [5.74, 6) is -1.21. The molecule has 7 heteroatoms. The van der Waals surface area contributed by atoms with Crippen molar-refractivity contribution < 1.29 is 19.8 Å². The van der Waals surface area contributed by atoms with Gasteiger partial charge in [-0.1, -0.05) is 0 Å². The van der Waals surface area contributed by atoms with Gasteiger partial charge in [-0.3, -0.25) is 4.79 Å². The predicted molar refractivity (Wildman–Crippen MR) is 72.9 cm³/mol. The number of nitrogens with zero attached hydrogens (tertiary/aromatic N) is 3. The number of carbonyl (C=O) groups is 2. The normalized spacial score (nSPS) is 25.9. The Labute approximate surface area is 121 Å². The molecule has 3 atom stereocenters. The van der Waals surface area contributed by atoms with Crippen LogP contribution in [-0.4, -0.2) is 48.7 Å². The highest BCUT2D eigenvalue weighted by atomic mass is 16.4. The standard InChI is InChI=1S/C14H17N3O4/c1-6(18)11-10-4-8(9-5-16(3)7(2)15-9)12(14(20)21)17(10)13(11)19/h5-6,10-11,18H,4H2,1-3H3,(H,20,21)/t6-,10-,11-/m1/s1. The molecule has 0 radical (unpaired) electrons. The molecule has 3 rings (SSSR count). The number of carboxylic acid groups (broad SMARTS) is 1. The Bertz CT molecular complexity index is 654. The minimum atomic E-state index is -1.13. The van der Waals surface area contributed by atoms with Gasteiger partial charge in [0, 0.05) is 18.8 Å². The number of aliphatic hydroxyl groups excluding tert-OH is 1. The second-order valence-corrected chi connectivity index (χ2v) is 5.66. The van der Waals surface area contributed by atoms with Gasteiger partial charge in [-0.2, -0.15) is 0 Å². The molecule has 1 aromatic heterocycles. The summed E-state index contributed by atoms with van der Waals surface area (Å²) >= 11 is 0. The lowest BCUT2D eigenvalue weighted by atomic mass is 9.83. The van der Waals surface area contributed by atoms with E-state index in [4.69, 9.17) is 0 Å². The van der Waals surface area contributed by atoms with Gasteiger partial charge in [-0.25, -0.2) is 9.78 Å². The monoisotopic (exact) mass is 291 g/mol. The molecular weight excluding hydrogens is 274 g/mol. The fourth-order valence-corrected chi connectivity index (χ4v) is 3.20. The van der Waals surface area contributed by atoms with Crippen LogP contribution in [0.5, 0.6) is 0 Å². The maximum absolute atomic E-state index is 12.1. The number of amides is 1. The van der Waals surface area contributed by atoms with Gasteiger partial charge in [-0.05, 0) is 20.3 Å². The summed E-state index contributed by atoms with van der Waals surface area (Å²) in [5.41, 5.74) is 1.15. The number of hydrogen-bond acceptors (Lipinski definition) is 4. The van der Waals surface area contributed by atoms with Crippen molar-refractivity contribution in [3.63, 3.8) is 0 Å². The smallest absolute Gasteiger partial charge is 0.352 e. The molecule has 0 spiro atoms. The molecule has 7 nitrogen and oxygen atoms in total. The molecule has 2 aliphatic heterocycles. The van der Waals surface area contributed by atoms with Crippen molar-refractivity contribution in [2.45, 2.75) is 32.4 Å². The number of hydrogen-bond donors (Lipinski definition) is 2. The molecule has 2 aliphatic rings. The fourth-order valence-electron chi connectivity index (χ4n) is 3.20. The van der Waals surface area contributed by atoms with Crippen LogP contribution in [-0.2, 0) is 16.6 Å². The van der Waals surface area contributed by atoms with Crippen LogP contribution in [0.3, 0.4) is 0 Å². The Morgan fingerprint density at radius 1 is 1.52 bits per heavy atom. The summed E-state index contributed by atoms with van der Waals surface area (Å²) in [7, 11) is 1.83. The van der Waals surface area contributed by atoms with Crippen LogP contribution in [0.4, 0.5) is 0 Å². The molecule has 0 saturated carbocycles. The molecule has 1 fully saturated rings. The van der Waals surface area contributed by atoms with Gasteiger partial charge in [0.1, 0.15) is 11.5 Å². The van der Waals surface area contributed by atoms with Gasteiger partial charge in [0.05, 0.1) is 23.8 Å². The quantitative estimate of drug-likeness (QED) is 0.772. The molecule has 21 heavy (non-hydrogen) atoms. The number of fused-ring (bicyclic) bond motifs is 1. The Hall–Kier alpha value is -2.15. The fraction of sp³-hybridized carbons (Fsp3) is 0.500. The number of carboxylic acids is 1. The average Bonchev–Trinajstić information content (AvgIpc) is 2.88. The van der Waals surface area contributed by atoms with Crippen molar-refractivity contribution in [1.29, 1.82) is 0 Å². The maximum Gasteiger partial charge on any atom is 0.352 e. The first-order valence-electron chi connectivity index (χ1n) is 6.80. The molecule has 2 N–H and O–H groups in total. The molecule has 1 aromatic rings. The van der Waals surface area contributed by atoms with E-state index < -0.39 is 18.0 Å². The highest BCUT2D eigenvalue weighted by Crippen LogP contribution is 2.46. The zero-order chi connectivity index (χ0) is 15.5. The van der Waals surface area contributed by atoms with Gasteiger partial charge in [0.25, 0.3) is 0 Å². The van der Waals surface area contributed by atoms with Crippen molar-refractivity contribution in [3.05, 3.63) is 23.4 Å². The summed E-state index contributed by atoms with van der Waals surface area (Å²) in [5, 5.41) is 19.1. The van der Waals surface area contributed by atoms with Crippen LogP contribution in [0.2, 0.25) is 0 Å². The van der Waals surface area contributed by atoms with Crippen LogP contribution in [0.25, 0.3) is 5.57 Å². The van der Waals surface area contributed by atoms with E-state index in [1.165, 1.54) is 4.90 Å². The maximum atomic E-state index is 12.1. The summed E-state index contributed by atoms with van der Waals surface area (Å²) in [6, 6.07) is -0.277. The van der Waals surface area contributed by atoms with Crippen molar-refractivity contribution in [2.75, 3.05) is 0 Å². The largest absolute Gasteiger partial charge is 0.477 e. The Kier molecular flexibility index (Phi) is 2.91. The number of aliphatic hydroxyl groups is 1. The minimum absolute atomic E-state index is 0.000000000000000222. The molecule has 1 amide bonds. The van der Waals surface area contributed by atoms with Crippen molar-refractivity contribution >= 4 is 17.4 Å². The van der Waals surface area contributed by atoms with E-state index in [9.17, 15) is 19.8 Å². The van der Waals surface area contributed by atoms with E-state index in [1.54, 1.807) is 13.1 Å². The van der Waals surface area contributed by atoms with Crippen LogP contribution < -0.4 is 0 Å². The van der Waals surface area contributed by atoms with Crippen LogP contribution in [0, 0.1) is 12.8 Å². The lowest BCUT2D eigenvalue weighted by molar-refractivity contribution is -0.161. The zero-order valence-corrected chi connectivity index (χ0v) is 12.1. The van der Waals surface area contributed by atoms with Crippen LogP contribution in [0.15, 0.2) is 11.9 Å².